The number of aliphatic imine (C=N–C) groups is 1. The smallest absolute Gasteiger partial charge is 0.191 e. The third-order valence-electron chi connectivity index (χ3n) is 4.56. The van der Waals surface area contributed by atoms with Crippen molar-refractivity contribution in [3.05, 3.63) is 23.9 Å². The lowest BCUT2D eigenvalue weighted by Crippen LogP contribution is -2.45. The van der Waals surface area contributed by atoms with Gasteiger partial charge in [-0.2, -0.15) is 0 Å². The highest BCUT2D eigenvalue weighted by molar-refractivity contribution is 14.0. The number of guanidine groups is 1. The second-order valence-electron chi connectivity index (χ2n) is 7.01. The molecule has 0 radical (unpaired) electrons. The van der Waals surface area contributed by atoms with Crippen LogP contribution in [0.15, 0.2) is 23.2 Å². The van der Waals surface area contributed by atoms with E-state index in [9.17, 15) is 0 Å². The Bertz CT molecular complexity index is 774. The first-order valence-electron chi connectivity index (χ1n) is 9.15. The minimum atomic E-state index is -0.234. The number of hydrogen-bond donors (Lipinski definition) is 3. The maximum atomic E-state index is 5.47. The van der Waals surface area contributed by atoms with E-state index in [2.05, 4.69) is 26.7 Å². The SMILES string of the molecule is CN=C(NCCCc1cc2c(OC)cc(OC)cc2[nH]1)NCC(C)(C)OC.I. The third kappa shape index (κ3) is 6.73. The molecule has 0 bridgehead atoms. The van der Waals surface area contributed by atoms with Crippen LogP contribution >= 0.6 is 24.0 Å². The molecule has 0 saturated heterocycles. The molecule has 2 aromatic rings. The molecule has 0 fully saturated rings. The monoisotopic (exact) mass is 504 g/mol. The van der Waals surface area contributed by atoms with Crippen molar-refractivity contribution in [2.24, 2.45) is 4.99 Å². The van der Waals surface area contributed by atoms with Gasteiger partial charge in [0.15, 0.2) is 5.96 Å². The molecule has 0 spiro atoms. The summed E-state index contributed by atoms with van der Waals surface area (Å²) in [7, 11) is 6.81. The lowest BCUT2D eigenvalue weighted by atomic mass is 10.1. The topological polar surface area (TPSA) is 79.9 Å². The van der Waals surface area contributed by atoms with Gasteiger partial charge in [-0.25, -0.2) is 0 Å². The van der Waals surface area contributed by atoms with Gasteiger partial charge in [0.25, 0.3) is 0 Å². The first-order chi connectivity index (χ1) is 12.9. The van der Waals surface area contributed by atoms with Crippen molar-refractivity contribution < 1.29 is 14.2 Å². The van der Waals surface area contributed by atoms with Crippen LogP contribution in [0.4, 0.5) is 0 Å². The molecule has 0 unspecified atom stereocenters. The Balaban J connectivity index is 0.00000392. The van der Waals surface area contributed by atoms with Crippen LogP contribution in [0.5, 0.6) is 11.5 Å². The van der Waals surface area contributed by atoms with E-state index in [1.807, 2.05) is 26.0 Å². The van der Waals surface area contributed by atoms with E-state index in [-0.39, 0.29) is 29.6 Å². The summed E-state index contributed by atoms with van der Waals surface area (Å²) in [5.74, 6) is 2.38. The summed E-state index contributed by atoms with van der Waals surface area (Å²) in [6, 6.07) is 6.03. The van der Waals surface area contributed by atoms with E-state index in [4.69, 9.17) is 14.2 Å². The molecule has 1 aromatic carbocycles. The van der Waals surface area contributed by atoms with Gasteiger partial charge in [-0.05, 0) is 32.8 Å². The summed E-state index contributed by atoms with van der Waals surface area (Å²) in [6.07, 6.45) is 1.90. The van der Waals surface area contributed by atoms with Crippen molar-refractivity contribution in [1.29, 1.82) is 0 Å². The highest BCUT2D eigenvalue weighted by Gasteiger charge is 2.16. The maximum Gasteiger partial charge on any atom is 0.191 e. The summed E-state index contributed by atoms with van der Waals surface area (Å²) >= 11 is 0. The average Bonchev–Trinajstić information content (AvgIpc) is 3.09. The number of aromatic amines is 1. The molecule has 1 heterocycles. The van der Waals surface area contributed by atoms with Crippen LogP contribution in [0.25, 0.3) is 10.9 Å². The Kier molecular flexibility index (Phi) is 9.88. The van der Waals surface area contributed by atoms with Crippen LogP contribution in [0, 0.1) is 0 Å². The number of fused-ring (bicyclic) bond motifs is 1. The molecule has 1 aromatic heterocycles. The van der Waals surface area contributed by atoms with Gasteiger partial charge in [0.2, 0.25) is 0 Å². The normalized spacial score (nSPS) is 11.9. The molecule has 7 nitrogen and oxygen atoms in total. The average molecular weight is 504 g/mol. The van der Waals surface area contributed by atoms with Crippen molar-refractivity contribution >= 4 is 40.8 Å². The zero-order valence-electron chi connectivity index (χ0n) is 17.6. The largest absolute Gasteiger partial charge is 0.497 e. The van der Waals surface area contributed by atoms with Crippen molar-refractivity contribution in [3.63, 3.8) is 0 Å². The second-order valence-corrected chi connectivity index (χ2v) is 7.01. The molecule has 8 heteroatoms. The summed E-state index contributed by atoms with van der Waals surface area (Å²) in [5.41, 5.74) is 1.96. The number of H-pyrrole nitrogens is 1. The lowest BCUT2D eigenvalue weighted by molar-refractivity contribution is 0.0268. The number of aryl methyl sites for hydroxylation is 1. The molecule has 0 atom stereocenters. The zero-order chi connectivity index (χ0) is 19.9. The van der Waals surface area contributed by atoms with E-state index >= 15 is 0 Å². The predicted molar refractivity (Wildman–Crippen MR) is 126 cm³/mol. The molecule has 0 aliphatic carbocycles. The van der Waals surface area contributed by atoms with Gasteiger partial charge in [-0.15, -0.1) is 24.0 Å². The fourth-order valence-corrected chi connectivity index (χ4v) is 2.73. The standard InChI is InChI=1S/C20H32N4O3.HI/c1-20(2,27-6)13-23-19(21-3)22-9-7-8-14-10-16-17(24-14)11-15(25-4)12-18(16)26-5;/h10-12,24H,7-9,13H2,1-6H3,(H2,21,22,23);1H. The Morgan fingerprint density at radius 2 is 1.86 bits per heavy atom. The highest BCUT2D eigenvalue weighted by Crippen LogP contribution is 2.31. The first-order valence-corrected chi connectivity index (χ1v) is 9.15. The molecular weight excluding hydrogens is 471 g/mol. The van der Waals surface area contributed by atoms with Gasteiger partial charge < -0.3 is 29.8 Å². The Hall–Kier alpha value is -1.68. The number of nitrogens with zero attached hydrogens (tertiary/aromatic N) is 1. The number of methoxy groups -OCH3 is 3. The highest BCUT2D eigenvalue weighted by atomic mass is 127. The summed E-state index contributed by atoms with van der Waals surface area (Å²) in [5, 5.41) is 7.69. The quantitative estimate of drug-likeness (QED) is 0.211. The Morgan fingerprint density at radius 3 is 2.46 bits per heavy atom. The molecule has 3 N–H and O–H groups in total. The minimum absolute atomic E-state index is 0. The minimum Gasteiger partial charge on any atom is -0.497 e. The number of rotatable bonds is 9. The van der Waals surface area contributed by atoms with Crippen LogP contribution in [0.1, 0.15) is 26.0 Å². The molecular formula is C20H33IN4O3. The molecule has 2 rings (SSSR count). The number of benzene rings is 1. The second kappa shape index (κ2) is 11.4. The van der Waals surface area contributed by atoms with E-state index in [1.165, 1.54) is 5.69 Å². The Labute approximate surface area is 184 Å². The molecule has 0 aliphatic rings. The third-order valence-corrected chi connectivity index (χ3v) is 4.56. The summed E-state index contributed by atoms with van der Waals surface area (Å²) in [4.78, 5) is 7.70. The van der Waals surface area contributed by atoms with Gasteiger partial charge in [-0.1, -0.05) is 0 Å². The van der Waals surface area contributed by atoms with Crippen LogP contribution in [-0.4, -0.2) is 58.0 Å². The molecule has 158 valence electrons. The Morgan fingerprint density at radius 1 is 1.11 bits per heavy atom. The molecule has 0 amide bonds. The van der Waals surface area contributed by atoms with E-state index in [1.54, 1.807) is 28.4 Å². The number of hydrogen-bond acceptors (Lipinski definition) is 4. The van der Waals surface area contributed by atoms with Gasteiger partial charge >= 0.3 is 0 Å². The van der Waals surface area contributed by atoms with Crippen molar-refractivity contribution in [1.82, 2.24) is 15.6 Å². The molecule has 0 aliphatic heterocycles. The van der Waals surface area contributed by atoms with Crippen molar-refractivity contribution in [3.8, 4) is 11.5 Å². The van der Waals surface area contributed by atoms with Gasteiger partial charge in [-0.3, -0.25) is 4.99 Å². The van der Waals surface area contributed by atoms with Crippen molar-refractivity contribution in [2.75, 3.05) is 41.5 Å². The van der Waals surface area contributed by atoms with Gasteiger partial charge in [0.1, 0.15) is 11.5 Å². The van der Waals surface area contributed by atoms with E-state index in [0.29, 0.717) is 6.54 Å². The van der Waals surface area contributed by atoms with Gasteiger partial charge in [0.05, 0.1) is 25.3 Å². The van der Waals surface area contributed by atoms with Crippen molar-refractivity contribution in [2.45, 2.75) is 32.3 Å². The predicted octanol–water partition coefficient (Wildman–Crippen LogP) is 3.33. The van der Waals surface area contributed by atoms with E-state index in [0.717, 1.165) is 47.7 Å². The first kappa shape index (κ1) is 24.4. The summed E-state index contributed by atoms with van der Waals surface area (Å²) < 4.78 is 16.2. The summed E-state index contributed by atoms with van der Waals surface area (Å²) in [6.45, 7) is 5.58. The lowest BCUT2D eigenvalue weighted by Gasteiger charge is -2.24. The fourth-order valence-electron chi connectivity index (χ4n) is 2.73. The zero-order valence-corrected chi connectivity index (χ0v) is 20.0. The number of ether oxygens (including phenoxy) is 3. The molecule has 0 saturated carbocycles. The van der Waals surface area contributed by atoms with Crippen LogP contribution in [0.2, 0.25) is 0 Å². The van der Waals surface area contributed by atoms with Crippen LogP contribution in [0.3, 0.4) is 0 Å². The number of aromatic nitrogens is 1. The van der Waals surface area contributed by atoms with Crippen LogP contribution in [-0.2, 0) is 11.2 Å². The molecule has 28 heavy (non-hydrogen) atoms. The fraction of sp³-hybridized carbons (Fsp3) is 0.550. The van der Waals surface area contributed by atoms with Crippen LogP contribution < -0.4 is 20.1 Å². The van der Waals surface area contributed by atoms with Gasteiger partial charge in [0, 0.05) is 50.5 Å². The number of halogens is 1. The van der Waals surface area contributed by atoms with E-state index < -0.39 is 0 Å². The maximum absolute atomic E-state index is 5.47. The number of nitrogens with one attached hydrogen (secondary N) is 3.